The summed E-state index contributed by atoms with van der Waals surface area (Å²) in [5.74, 6) is 3.05. The molecule has 0 spiro atoms. The molecule has 2 N–H and O–H groups in total. The first-order valence-corrected chi connectivity index (χ1v) is 12.1. The number of methoxy groups -OCH3 is 1. The maximum atomic E-state index is 12.3. The van der Waals surface area contributed by atoms with Crippen molar-refractivity contribution < 1.29 is 18.7 Å². The van der Waals surface area contributed by atoms with Crippen LogP contribution in [0.25, 0.3) is 33.3 Å². The second-order valence-electron chi connectivity index (χ2n) is 8.91. The average Bonchev–Trinajstić information content (AvgIpc) is 3.70. The van der Waals surface area contributed by atoms with Crippen molar-refractivity contribution in [1.82, 2.24) is 15.0 Å². The number of aromatic nitrogens is 3. The molecular weight excluding hydrogens is 470 g/mol. The molecule has 2 aromatic carbocycles. The molecule has 0 saturated heterocycles. The van der Waals surface area contributed by atoms with Crippen LogP contribution >= 0.6 is 0 Å². The topological polar surface area (TPSA) is 111 Å². The Hall–Kier alpha value is -4.66. The highest BCUT2D eigenvalue weighted by atomic mass is 16.5. The van der Waals surface area contributed by atoms with Crippen molar-refractivity contribution in [3.63, 3.8) is 0 Å². The molecule has 9 heteroatoms. The molecule has 5 aromatic rings. The first-order valence-electron chi connectivity index (χ1n) is 12.1. The zero-order chi connectivity index (χ0) is 25.4. The van der Waals surface area contributed by atoms with E-state index in [4.69, 9.17) is 18.9 Å². The van der Waals surface area contributed by atoms with E-state index < -0.39 is 0 Å². The highest BCUT2D eigenvalue weighted by Crippen LogP contribution is 2.36. The molecule has 1 aliphatic carbocycles. The minimum Gasteiger partial charge on any atom is -0.497 e. The van der Waals surface area contributed by atoms with Gasteiger partial charge in [-0.2, -0.15) is 0 Å². The third-order valence-electron chi connectivity index (χ3n) is 6.37. The van der Waals surface area contributed by atoms with Crippen molar-refractivity contribution in [3.8, 4) is 23.0 Å². The van der Waals surface area contributed by atoms with Gasteiger partial charge >= 0.3 is 0 Å². The number of fused-ring (bicyclic) bond motifs is 2. The molecule has 37 heavy (non-hydrogen) atoms. The average molecular weight is 496 g/mol. The highest BCUT2D eigenvalue weighted by molar-refractivity contribution is 6.03. The number of para-hydroxylation sites is 1. The van der Waals surface area contributed by atoms with Crippen LogP contribution in [0.1, 0.15) is 18.4 Å². The lowest BCUT2D eigenvalue weighted by atomic mass is 10.1. The van der Waals surface area contributed by atoms with Crippen LogP contribution in [0.3, 0.4) is 0 Å². The largest absolute Gasteiger partial charge is 0.497 e. The van der Waals surface area contributed by atoms with Crippen molar-refractivity contribution in [2.45, 2.75) is 19.4 Å². The van der Waals surface area contributed by atoms with Crippen LogP contribution in [0.5, 0.6) is 11.5 Å². The number of nitrogens with zero attached hydrogens (tertiary/aromatic N) is 3. The zero-order valence-corrected chi connectivity index (χ0v) is 20.4. The van der Waals surface area contributed by atoms with Gasteiger partial charge in [-0.25, -0.2) is 15.0 Å². The van der Waals surface area contributed by atoms with Gasteiger partial charge in [0, 0.05) is 36.1 Å². The fourth-order valence-corrected chi connectivity index (χ4v) is 4.18. The van der Waals surface area contributed by atoms with Gasteiger partial charge < -0.3 is 24.5 Å². The molecule has 0 aliphatic heterocycles. The molecule has 1 amide bonds. The standard InChI is InChI=1S/C28H25N5O4/c1-29-26-20-13-30-24(32-27(34)17-8-9-17)12-19(20)21(14-31-26)28-33-25-22(4-3-5-23(25)37-28)36-15-16-6-10-18(35-2)11-7-16/h3-7,10-14,17H,8-9,15H2,1-2H3,(H,29,31)(H,30,32,34). The first-order chi connectivity index (χ1) is 18.1. The van der Waals surface area contributed by atoms with Gasteiger partial charge in [0.1, 0.15) is 29.7 Å². The van der Waals surface area contributed by atoms with Crippen LogP contribution in [0.2, 0.25) is 0 Å². The van der Waals surface area contributed by atoms with E-state index in [9.17, 15) is 4.79 Å². The van der Waals surface area contributed by atoms with Crippen molar-refractivity contribution in [3.05, 3.63) is 66.5 Å². The Labute approximate surface area is 212 Å². The van der Waals surface area contributed by atoms with E-state index in [-0.39, 0.29) is 11.8 Å². The summed E-state index contributed by atoms with van der Waals surface area (Å²) in [6.07, 6.45) is 5.25. The number of anilines is 2. The highest BCUT2D eigenvalue weighted by Gasteiger charge is 2.30. The second kappa shape index (κ2) is 9.42. The predicted molar refractivity (Wildman–Crippen MR) is 141 cm³/mol. The van der Waals surface area contributed by atoms with Gasteiger partial charge in [-0.05, 0) is 48.7 Å². The summed E-state index contributed by atoms with van der Waals surface area (Å²) in [4.78, 5) is 26.1. The lowest BCUT2D eigenvalue weighted by Gasteiger charge is -2.10. The Balaban J connectivity index is 1.35. The zero-order valence-electron chi connectivity index (χ0n) is 20.4. The van der Waals surface area contributed by atoms with E-state index in [0.29, 0.717) is 46.5 Å². The maximum Gasteiger partial charge on any atom is 0.229 e. The Morgan fingerprint density at radius 2 is 1.92 bits per heavy atom. The van der Waals surface area contributed by atoms with E-state index in [1.54, 1.807) is 26.6 Å². The normalized spacial score (nSPS) is 13.0. The van der Waals surface area contributed by atoms with Crippen molar-refractivity contribution >= 4 is 39.4 Å². The number of benzene rings is 2. The van der Waals surface area contributed by atoms with E-state index in [2.05, 4.69) is 20.6 Å². The molecule has 0 unspecified atom stereocenters. The van der Waals surface area contributed by atoms with Crippen LogP contribution < -0.4 is 20.1 Å². The molecule has 0 bridgehead atoms. The van der Waals surface area contributed by atoms with Crippen LogP contribution in [-0.4, -0.2) is 35.0 Å². The molecular formula is C28H25N5O4. The minimum atomic E-state index is -0.00295. The SMILES string of the molecule is CNc1ncc(-c2nc3c(OCc4ccc(OC)cc4)cccc3o2)c2cc(NC(=O)C3CC3)ncc12. The molecule has 9 nitrogen and oxygen atoms in total. The monoisotopic (exact) mass is 495 g/mol. The molecule has 3 aromatic heterocycles. The summed E-state index contributed by atoms with van der Waals surface area (Å²) in [6, 6.07) is 15.2. The molecule has 1 saturated carbocycles. The summed E-state index contributed by atoms with van der Waals surface area (Å²) in [5.41, 5.74) is 2.92. The minimum absolute atomic E-state index is 0.00295. The molecule has 3 heterocycles. The first kappa shape index (κ1) is 22.8. The number of nitrogens with one attached hydrogen (secondary N) is 2. The fourth-order valence-electron chi connectivity index (χ4n) is 4.18. The van der Waals surface area contributed by atoms with Gasteiger partial charge in [0.25, 0.3) is 0 Å². The fraction of sp³-hybridized carbons (Fsp3) is 0.214. The lowest BCUT2D eigenvalue weighted by molar-refractivity contribution is -0.117. The molecule has 0 radical (unpaired) electrons. The number of ether oxygens (including phenoxy) is 2. The van der Waals surface area contributed by atoms with E-state index in [1.807, 2.05) is 48.5 Å². The lowest BCUT2D eigenvalue weighted by Crippen LogP contribution is -2.14. The van der Waals surface area contributed by atoms with Crippen molar-refractivity contribution in [1.29, 1.82) is 0 Å². The van der Waals surface area contributed by atoms with Crippen molar-refractivity contribution in [2.24, 2.45) is 5.92 Å². The Morgan fingerprint density at radius 1 is 1.08 bits per heavy atom. The number of amides is 1. The Bertz CT molecular complexity index is 1610. The van der Waals surface area contributed by atoms with Gasteiger partial charge in [-0.1, -0.05) is 18.2 Å². The molecule has 1 aliphatic rings. The Morgan fingerprint density at radius 3 is 2.68 bits per heavy atom. The van der Waals surface area contributed by atoms with Gasteiger partial charge in [0.2, 0.25) is 11.8 Å². The number of pyridine rings is 2. The van der Waals surface area contributed by atoms with Crippen molar-refractivity contribution in [2.75, 3.05) is 24.8 Å². The van der Waals surface area contributed by atoms with Gasteiger partial charge in [0.15, 0.2) is 11.1 Å². The number of carbonyl (C=O) groups excluding carboxylic acids is 1. The number of rotatable bonds is 8. The number of hydrogen-bond donors (Lipinski definition) is 2. The molecule has 186 valence electrons. The third kappa shape index (κ3) is 4.51. The van der Waals surface area contributed by atoms with Crippen LogP contribution in [0, 0.1) is 5.92 Å². The second-order valence-corrected chi connectivity index (χ2v) is 8.91. The van der Waals surface area contributed by atoms with Gasteiger partial charge in [-0.3, -0.25) is 4.79 Å². The van der Waals surface area contributed by atoms with E-state index >= 15 is 0 Å². The van der Waals surface area contributed by atoms with Crippen LogP contribution in [0.4, 0.5) is 11.6 Å². The van der Waals surface area contributed by atoms with Gasteiger partial charge in [0.05, 0.1) is 12.7 Å². The number of hydrogen-bond acceptors (Lipinski definition) is 8. The van der Waals surface area contributed by atoms with Crippen LogP contribution in [-0.2, 0) is 11.4 Å². The number of carbonyl (C=O) groups is 1. The summed E-state index contributed by atoms with van der Waals surface area (Å²) in [5, 5.41) is 7.62. The quantitative estimate of drug-likeness (QED) is 0.294. The molecule has 6 rings (SSSR count). The number of oxazole rings is 1. The molecule has 0 atom stereocenters. The summed E-state index contributed by atoms with van der Waals surface area (Å²) in [7, 11) is 3.44. The summed E-state index contributed by atoms with van der Waals surface area (Å²) in [6.45, 7) is 0.377. The van der Waals surface area contributed by atoms with E-state index in [0.717, 1.165) is 34.9 Å². The van der Waals surface area contributed by atoms with Crippen LogP contribution in [0.15, 0.2) is 65.3 Å². The predicted octanol–water partition coefficient (Wildman–Crippen LogP) is 5.42. The third-order valence-corrected chi connectivity index (χ3v) is 6.37. The molecule has 1 fully saturated rings. The smallest absolute Gasteiger partial charge is 0.229 e. The maximum absolute atomic E-state index is 12.3. The summed E-state index contributed by atoms with van der Waals surface area (Å²) < 4.78 is 17.5. The van der Waals surface area contributed by atoms with Gasteiger partial charge in [-0.15, -0.1) is 0 Å². The van der Waals surface area contributed by atoms with E-state index in [1.165, 1.54) is 0 Å². The Kier molecular flexibility index (Phi) is 5.80. The summed E-state index contributed by atoms with van der Waals surface area (Å²) >= 11 is 0.